The number of carbonyl (C=O) groups excluding carboxylic acids is 1. The van der Waals surface area contributed by atoms with Crippen LogP contribution in [0, 0.1) is 6.92 Å². The van der Waals surface area contributed by atoms with E-state index in [2.05, 4.69) is 36.7 Å². The summed E-state index contributed by atoms with van der Waals surface area (Å²) >= 11 is 3.46. The number of hydrogen-bond donors (Lipinski definition) is 0. The third-order valence-electron chi connectivity index (χ3n) is 3.18. The minimum atomic E-state index is 0.135. The van der Waals surface area contributed by atoms with E-state index >= 15 is 0 Å². The maximum absolute atomic E-state index is 12.6. The first-order valence-corrected chi connectivity index (χ1v) is 7.83. The Bertz CT molecular complexity index is 409. The van der Waals surface area contributed by atoms with Crippen molar-refractivity contribution in [2.24, 2.45) is 0 Å². The summed E-state index contributed by atoms with van der Waals surface area (Å²) in [6.07, 6.45) is 3.43. The van der Waals surface area contributed by atoms with Crippen LogP contribution in [0.2, 0.25) is 0 Å². The fraction of sp³-hybridized carbons (Fsp3) is 0.562. The van der Waals surface area contributed by atoms with Crippen LogP contribution < -0.4 is 0 Å². The van der Waals surface area contributed by atoms with Crippen LogP contribution >= 0.6 is 15.9 Å². The Morgan fingerprint density at radius 2 is 1.95 bits per heavy atom. The minimum Gasteiger partial charge on any atom is -0.336 e. The lowest BCUT2D eigenvalue weighted by molar-refractivity contribution is 0.0702. The monoisotopic (exact) mass is 325 g/mol. The highest BCUT2D eigenvalue weighted by atomic mass is 79.9. The zero-order chi connectivity index (χ0) is 14.4. The molecule has 0 aromatic heterocycles. The molecule has 0 bridgehead atoms. The molecule has 1 amide bonds. The molecule has 0 aliphatic carbocycles. The minimum absolute atomic E-state index is 0.135. The van der Waals surface area contributed by atoms with Gasteiger partial charge >= 0.3 is 0 Å². The van der Waals surface area contributed by atoms with Gasteiger partial charge < -0.3 is 4.90 Å². The first-order valence-electron chi connectivity index (χ1n) is 7.03. The summed E-state index contributed by atoms with van der Waals surface area (Å²) < 4.78 is 0.966. The van der Waals surface area contributed by atoms with Gasteiger partial charge in [0.1, 0.15) is 0 Å². The lowest BCUT2D eigenvalue weighted by Crippen LogP contribution is -2.37. The zero-order valence-electron chi connectivity index (χ0n) is 12.4. The van der Waals surface area contributed by atoms with Gasteiger partial charge in [0.25, 0.3) is 5.91 Å². The molecular weight excluding hydrogens is 302 g/mol. The molecule has 1 rings (SSSR count). The Morgan fingerprint density at radius 1 is 1.26 bits per heavy atom. The molecule has 1 aromatic rings. The van der Waals surface area contributed by atoms with E-state index in [0.29, 0.717) is 0 Å². The molecule has 1 aromatic carbocycles. The molecule has 0 N–H and O–H groups in total. The summed E-state index contributed by atoms with van der Waals surface area (Å²) in [4.78, 5) is 14.6. The molecule has 0 fully saturated rings. The summed E-state index contributed by atoms with van der Waals surface area (Å²) in [6.45, 7) is 9.19. The van der Waals surface area contributed by atoms with Crippen LogP contribution in [0.4, 0.5) is 0 Å². The second-order valence-electron chi connectivity index (χ2n) is 5.32. The summed E-state index contributed by atoms with van der Waals surface area (Å²) in [7, 11) is 0. The molecule has 0 radical (unpaired) electrons. The van der Waals surface area contributed by atoms with E-state index in [1.165, 1.54) is 12.8 Å². The van der Waals surface area contributed by atoms with Crippen LogP contribution in [0.1, 0.15) is 56.0 Å². The largest absolute Gasteiger partial charge is 0.336 e. The average molecular weight is 326 g/mol. The second kappa shape index (κ2) is 7.68. The predicted molar refractivity (Wildman–Crippen MR) is 84.6 cm³/mol. The topological polar surface area (TPSA) is 20.3 Å². The van der Waals surface area contributed by atoms with E-state index in [-0.39, 0.29) is 11.9 Å². The number of unbranched alkanes of at least 4 members (excludes halogenated alkanes) is 2. The molecule has 0 aliphatic heterocycles. The number of benzene rings is 1. The fourth-order valence-electron chi connectivity index (χ4n) is 2.15. The number of nitrogens with zero attached hydrogens (tertiary/aromatic N) is 1. The summed E-state index contributed by atoms with van der Waals surface area (Å²) in [5.41, 5.74) is 1.88. The van der Waals surface area contributed by atoms with Crippen molar-refractivity contribution >= 4 is 21.8 Å². The third kappa shape index (κ3) is 4.98. The number of amides is 1. The van der Waals surface area contributed by atoms with Crippen molar-refractivity contribution in [2.45, 2.75) is 53.0 Å². The molecule has 0 spiro atoms. The predicted octanol–water partition coefficient (Wildman–Crippen LogP) is 4.80. The normalized spacial score (nSPS) is 10.8. The summed E-state index contributed by atoms with van der Waals surface area (Å²) in [5, 5.41) is 0. The highest BCUT2D eigenvalue weighted by Crippen LogP contribution is 2.18. The molecule has 0 atom stereocenters. The molecule has 0 aliphatic rings. The molecule has 0 saturated heterocycles. The number of rotatable bonds is 6. The third-order valence-corrected chi connectivity index (χ3v) is 3.63. The van der Waals surface area contributed by atoms with Crippen molar-refractivity contribution in [2.75, 3.05) is 6.54 Å². The molecule has 0 unspecified atom stereocenters. The van der Waals surface area contributed by atoms with E-state index in [1.54, 1.807) is 0 Å². The van der Waals surface area contributed by atoms with Crippen LogP contribution in [0.3, 0.4) is 0 Å². The average Bonchev–Trinajstić information content (AvgIpc) is 2.32. The van der Waals surface area contributed by atoms with Crippen LogP contribution in [0.15, 0.2) is 22.7 Å². The van der Waals surface area contributed by atoms with Gasteiger partial charge in [-0.15, -0.1) is 0 Å². The van der Waals surface area contributed by atoms with Gasteiger partial charge in [0.2, 0.25) is 0 Å². The maximum atomic E-state index is 12.6. The van der Waals surface area contributed by atoms with E-state index in [0.717, 1.165) is 28.6 Å². The van der Waals surface area contributed by atoms with Crippen LogP contribution in [0.5, 0.6) is 0 Å². The van der Waals surface area contributed by atoms with E-state index in [9.17, 15) is 4.79 Å². The Morgan fingerprint density at radius 3 is 2.47 bits per heavy atom. The molecule has 0 heterocycles. The van der Waals surface area contributed by atoms with Gasteiger partial charge in [-0.2, -0.15) is 0 Å². The first-order chi connectivity index (χ1) is 8.95. The maximum Gasteiger partial charge on any atom is 0.254 e. The van der Waals surface area contributed by atoms with Crippen molar-refractivity contribution in [1.29, 1.82) is 0 Å². The molecule has 0 saturated carbocycles. The van der Waals surface area contributed by atoms with Crippen LogP contribution in [-0.2, 0) is 0 Å². The van der Waals surface area contributed by atoms with Crippen LogP contribution in [0.25, 0.3) is 0 Å². The number of halogens is 1. The summed E-state index contributed by atoms with van der Waals surface area (Å²) in [5.74, 6) is 0.135. The van der Waals surface area contributed by atoms with Gasteiger partial charge in [-0.3, -0.25) is 4.79 Å². The Kier molecular flexibility index (Phi) is 6.56. The highest BCUT2D eigenvalue weighted by Gasteiger charge is 2.18. The van der Waals surface area contributed by atoms with Gasteiger partial charge in [-0.1, -0.05) is 35.7 Å². The van der Waals surface area contributed by atoms with Gasteiger partial charge in [0.05, 0.1) is 0 Å². The van der Waals surface area contributed by atoms with Crippen molar-refractivity contribution in [3.63, 3.8) is 0 Å². The smallest absolute Gasteiger partial charge is 0.254 e. The lowest BCUT2D eigenvalue weighted by atomic mass is 10.1. The quantitative estimate of drug-likeness (QED) is 0.688. The van der Waals surface area contributed by atoms with Gasteiger partial charge in [0, 0.05) is 22.6 Å². The Labute approximate surface area is 125 Å². The van der Waals surface area contributed by atoms with Crippen LogP contribution in [-0.4, -0.2) is 23.4 Å². The Hall–Kier alpha value is -0.830. The fourth-order valence-corrected chi connectivity index (χ4v) is 2.76. The SMILES string of the molecule is CCCCCN(C(=O)c1cc(C)cc(Br)c1)C(C)C. The second-order valence-corrected chi connectivity index (χ2v) is 6.23. The molecule has 2 nitrogen and oxygen atoms in total. The zero-order valence-corrected chi connectivity index (χ0v) is 14.0. The molecule has 19 heavy (non-hydrogen) atoms. The number of aryl methyl sites for hydroxylation is 1. The number of hydrogen-bond acceptors (Lipinski definition) is 1. The number of carbonyl (C=O) groups is 1. The van der Waals surface area contributed by atoms with Crippen molar-refractivity contribution in [3.8, 4) is 0 Å². The van der Waals surface area contributed by atoms with E-state index in [1.807, 2.05) is 30.0 Å². The van der Waals surface area contributed by atoms with Gasteiger partial charge in [-0.25, -0.2) is 0 Å². The van der Waals surface area contributed by atoms with Crippen molar-refractivity contribution < 1.29 is 4.79 Å². The summed E-state index contributed by atoms with van der Waals surface area (Å²) in [6, 6.07) is 6.13. The molecule has 106 valence electrons. The molecule has 3 heteroatoms. The van der Waals surface area contributed by atoms with E-state index in [4.69, 9.17) is 0 Å². The van der Waals surface area contributed by atoms with E-state index < -0.39 is 0 Å². The highest BCUT2D eigenvalue weighted by molar-refractivity contribution is 9.10. The van der Waals surface area contributed by atoms with Gasteiger partial charge in [-0.05, 0) is 51.0 Å². The lowest BCUT2D eigenvalue weighted by Gasteiger charge is -2.27. The first kappa shape index (κ1) is 16.2. The standard InChI is InChI=1S/C16H24BrNO/c1-5-6-7-8-18(12(2)3)16(19)14-9-13(4)10-15(17)11-14/h9-12H,5-8H2,1-4H3. The van der Waals surface area contributed by atoms with Crippen molar-refractivity contribution in [1.82, 2.24) is 4.90 Å². The van der Waals surface area contributed by atoms with Crippen molar-refractivity contribution in [3.05, 3.63) is 33.8 Å². The Balaban J connectivity index is 2.86. The van der Waals surface area contributed by atoms with Gasteiger partial charge in [0.15, 0.2) is 0 Å². The molecular formula is C16H24BrNO.